The molecule has 1 saturated carbocycles. The molecule has 1 fully saturated rings. The monoisotopic (exact) mass is 201 g/mol. The van der Waals surface area contributed by atoms with E-state index in [4.69, 9.17) is 9.47 Å². The summed E-state index contributed by atoms with van der Waals surface area (Å²) in [4.78, 5) is 0. The molecule has 1 aliphatic carbocycles. The fourth-order valence-corrected chi connectivity index (χ4v) is 1.90. The summed E-state index contributed by atoms with van der Waals surface area (Å²) in [5, 5.41) is 3.01. The Morgan fingerprint density at radius 2 is 1.79 bits per heavy atom. The third-order valence-corrected chi connectivity index (χ3v) is 2.62. The van der Waals surface area contributed by atoms with Crippen LogP contribution in [0.5, 0.6) is 0 Å². The van der Waals surface area contributed by atoms with E-state index in [1.54, 1.807) is 0 Å². The molecule has 0 heterocycles. The summed E-state index contributed by atoms with van der Waals surface area (Å²) in [6.45, 7) is 3.65. The van der Waals surface area contributed by atoms with Gasteiger partial charge in [-0.25, -0.2) is 0 Å². The van der Waals surface area contributed by atoms with Gasteiger partial charge in [0.15, 0.2) is 0 Å². The molecule has 3 nitrogen and oxygen atoms in total. The first-order valence-electron chi connectivity index (χ1n) is 5.76. The lowest BCUT2D eigenvalue weighted by Crippen LogP contribution is -2.36. The van der Waals surface area contributed by atoms with Crippen molar-refractivity contribution >= 4 is 0 Å². The molecule has 0 bridgehead atoms. The van der Waals surface area contributed by atoms with Crippen LogP contribution in [0.1, 0.15) is 39.0 Å². The van der Waals surface area contributed by atoms with Crippen LogP contribution in [0.4, 0.5) is 0 Å². The summed E-state index contributed by atoms with van der Waals surface area (Å²) in [5.74, 6) is 0. The number of nitrogens with one attached hydrogen (secondary N) is 1. The molecule has 0 aliphatic heterocycles. The molecule has 2 atom stereocenters. The van der Waals surface area contributed by atoms with Crippen molar-refractivity contribution in [3.05, 3.63) is 0 Å². The summed E-state index contributed by atoms with van der Waals surface area (Å²) in [7, 11) is 1.91. The lowest BCUT2D eigenvalue weighted by Gasteiger charge is -2.31. The average Bonchev–Trinajstić information content (AvgIpc) is 2.24. The van der Waals surface area contributed by atoms with Gasteiger partial charge in [0.2, 0.25) is 0 Å². The number of rotatable bonds is 6. The molecule has 84 valence electrons. The highest BCUT2D eigenvalue weighted by Gasteiger charge is 2.25. The molecule has 0 radical (unpaired) electrons. The van der Waals surface area contributed by atoms with E-state index in [9.17, 15) is 0 Å². The van der Waals surface area contributed by atoms with E-state index in [1.807, 2.05) is 7.05 Å². The Morgan fingerprint density at radius 1 is 1.14 bits per heavy atom. The van der Waals surface area contributed by atoms with Crippen LogP contribution in [0.3, 0.4) is 0 Å². The quantitative estimate of drug-likeness (QED) is 0.666. The van der Waals surface area contributed by atoms with Gasteiger partial charge in [0.05, 0.1) is 18.9 Å². The molecule has 1 rings (SSSR count). The second kappa shape index (κ2) is 7.21. The molecule has 0 aromatic rings. The number of ether oxygens (including phenoxy) is 2. The molecule has 0 amide bonds. The van der Waals surface area contributed by atoms with Crippen LogP contribution in [0.15, 0.2) is 0 Å². The predicted octanol–water partition coefficient (Wildman–Crippen LogP) is 1.92. The van der Waals surface area contributed by atoms with Crippen LogP contribution in [-0.4, -0.2) is 32.6 Å². The molecule has 1 N–H and O–H groups in total. The van der Waals surface area contributed by atoms with Crippen molar-refractivity contribution in [1.29, 1.82) is 0 Å². The van der Waals surface area contributed by atoms with Crippen molar-refractivity contribution in [2.45, 2.75) is 51.2 Å². The van der Waals surface area contributed by atoms with E-state index in [-0.39, 0.29) is 0 Å². The first kappa shape index (κ1) is 12.0. The summed E-state index contributed by atoms with van der Waals surface area (Å²) in [6.07, 6.45) is 6.60. The SMILES string of the molecule is CCCOC1CCCCC1OCNC. The first-order valence-corrected chi connectivity index (χ1v) is 5.76. The molecule has 0 spiro atoms. The van der Waals surface area contributed by atoms with Crippen molar-refractivity contribution in [2.75, 3.05) is 20.4 Å². The summed E-state index contributed by atoms with van der Waals surface area (Å²) >= 11 is 0. The maximum Gasteiger partial charge on any atom is 0.0967 e. The first-order chi connectivity index (χ1) is 6.88. The van der Waals surface area contributed by atoms with E-state index < -0.39 is 0 Å². The van der Waals surface area contributed by atoms with Gasteiger partial charge in [-0.05, 0) is 26.3 Å². The van der Waals surface area contributed by atoms with Gasteiger partial charge < -0.3 is 9.47 Å². The Balaban J connectivity index is 2.26. The molecule has 14 heavy (non-hydrogen) atoms. The zero-order valence-electron chi connectivity index (χ0n) is 9.42. The van der Waals surface area contributed by atoms with Gasteiger partial charge in [0.25, 0.3) is 0 Å². The van der Waals surface area contributed by atoms with E-state index in [0.717, 1.165) is 25.9 Å². The van der Waals surface area contributed by atoms with Gasteiger partial charge in [0, 0.05) is 6.61 Å². The highest BCUT2D eigenvalue weighted by molar-refractivity contribution is 4.76. The minimum Gasteiger partial charge on any atom is -0.376 e. The van der Waals surface area contributed by atoms with Crippen LogP contribution >= 0.6 is 0 Å². The largest absolute Gasteiger partial charge is 0.376 e. The minimum absolute atomic E-state index is 0.308. The lowest BCUT2D eigenvalue weighted by atomic mass is 9.94. The normalized spacial score (nSPS) is 27.9. The van der Waals surface area contributed by atoms with Crippen LogP contribution in [0, 0.1) is 0 Å². The summed E-state index contributed by atoms with van der Waals surface area (Å²) in [5.41, 5.74) is 0. The molecule has 3 heteroatoms. The van der Waals surface area contributed by atoms with Crippen molar-refractivity contribution in [3.63, 3.8) is 0 Å². The lowest BCUT2D eigenvalue weighted by molar-refractivity contribution is -0.0950. The summed E-state index contributed by atoms with van der Waals surface area (Å²) in [6, 6.07) is 0. The van der Waals surface area contributed by atoms with Crippen molar-refractivity contribution < 1.29 is 9.47 Å². The van der Waals surface area contributed by atoms with E-state index in [0.29, 0.717) is 18.9 Å². The van der Waals surface area contributed by atoms with Crippen molar-refractivity contribution in [3.8, 4) is 0 Å². The standard InChI is InChI=1S/C11H23NO2/c1-3-8-13-10-6-4-5-7-11(10)14-9-12-2/h10-12H,3-9H2,1-2H3. The van der Waals surface area contributed by atoms with E-state index >= 15 is 0 Å². The molecular formula is C11H23NO2. The Hall–Kier alpha value is -0.120. The third kappa shape index (κ3) is 3.95. The van der Waals surface area contributed by atoms with Crippen LogP contribution in [0.2, 0.25) is 0 Å². The molecule has 1 aliphatic rings. The zero-order valence-corrected chi connectivity index (χ0v) is 9.42. The Kier molecular flexibility index (Phi) is 6.15. The minimum atomic E-state index is 0.308. The Morgan fingerprint density at radius 3 is 2.36 bits per heavy atom. The zero-order chi connectivity index (χ0) is 10.2. The fourth-order valence-electron chi connectivity index (χ4n) is 1.90. The number of hydrogen-bond donors (Lipinski definition) is 1. The van der Waals surface area contributed by atoms with Gasteiger partial charge in [-0.2, -0.15) is 0 Å². The van der Waals surface area contributed by atoms with Crippen LogP contribution in [0.25, 0.3) is 0 Å². The van der Waals surface area contributed by atoms with Crippen LogP contribution in [-0.2, 0) is 9.47 Å². The Labute approximate surface area is 87.2 Å². The van der Waals surface area contributed by atoms with Gasteiger partial charge in [0.1, 0.15) is 0 Å². The van der Waals surface area contributed by atoms with Gasteiger partial charge >= 0.3 is 0 Å². The summed E-state index contributed by atoms with van der Waals surface area (Å²) < 4.78 is 11.5. The van der Waals surface area contributed by atoms with E-state index in [1.165, 1.54) is 12.8 Å². The predicted molar refractivity (Wildman–Crippen MR) is 57.3 cm³/mol. The highest BCUT2D eigenvalue weighted by atomic mass is 16.5. The molecule has 2 unspecified atom stereocenters. The van der Waals surface area contributed by atoms with E-state index in [2.05, 4.69) is 12.2 Å². The second-order valence-corrected chi connectivity index (χ2v) is 3.90. The van der Waals surface area contributed by atoms with Crippen LogP contribution < -0.4 is 5.32 Å². The maximum absolute atomic E-state index is 5.79. The van der Waals surface area contributed by atoms with Crippen molar-refractivity contribution in [2.24, 2.45) is 0 Å². The fraction of sp³-hybridized carbons (Fsp3) is 1.00. The topological polar surface area (TPSA) is 30.5 Å². The van der Waals surface area contributed by atoms with Gasteiger partial charge in [-0.3, -0.25) is 5.32 Å². The molecule has 0 saturated heterocycles. The number of hydrogen-bond acceptors (Lipinski definition) is 3. The Bertz CT molecular complexity index is 125. The molecule has 0 aromatic carbocycles. The average molecular weight is 201 g/mol. The highest BCUT2D eigenvalue weighted by Crippen LogP contribution is 2.23. The van der Waals surface area contributed by atoms with Gasteiger partial charge in [-0.15, -0.1) is 0 Å². The second-order valence-electron chi connectivity index (χ2n) is 3.90. The molecule has 0 aromatic heterocycles. The molecular weight excluding hydrogens is 178 g/mol. The van der Waals surface area contributed by atoms with Gasteiger partial charge in [-0.1, -0.05) is 19.8 Å². The van der Waals surface area contributed by atoms with Crippen molar-refractivity contribution in [1.82, 2.24) is 5.32 Å². The maximum atomic E-state index is 5.79. The smallest absolute Gasteiger partial charge is 0.0967 e. The third-order valence-electron chi connectivity index (χ3n) is 2.62.